The van der Waals surface area contributed by atoms with Gasteiger partial charge in [-0.05, 0) is 47.7 Å². The van der Waals surface area contributed by atoms with Crippen LogP contribution in [-0.4, -0.2) is 5.91 Å². The third-order valence-corrected chi connectivity index (χ3v) is 4.20. The van der Waals surface area contributed by atoms with Gasteiger partial charge < -0.3 is 5.32 Å². The summed E-state index contributed by atoms with van der Waals surface area (Å²) in [4.78, 5) is 12.3. The lowest BCUT2D eigenvalue weighted by atomic mass is 10.0. The molecule has 0 heterocycles. The average molecular weight is 339 g/mol. The van der Waals surface area contributed by atoms with E-state index < -0.39 is 5.91 Å². The van der Waals surface area contributed by atoms with Gasteiger partial charge in [0.2, 0.25) is 0 Å². The summed E-state index contributed by atoms with van der Waals surface area (Å²) in [7, 11) is 0. The fraction of sp³-hybridized carbons (Fsp3) is 0.200. The van der Waals surface area contributed by atoms with Gasteiger partial charge in [0, 0.05) is 10.7 Å². The summed E-state index contributed by atoms with van der Waals surface area (Å²) in [6, 6.07) is 15.0. The highest BCUT2D eigenvalue weighted by atomic mass is 35.5. The van der Waals surface area contributed by atoms with Crippen LogP contribution in [0.1, 0.15) is 36.5 Å². The van der Waals surface area contributed by atoms with E-state index in [1.54, 1.807) is 24.3 Å². The van der Waals surface area contributed by atoms with Crippen LogP contribution in [0.4, 0.5) is 5.69 Å². The van der Waals surface area contributed by atoms with Gasteiger partial charge >= 0.3 is 0 Å². The molecule has 1 N–H and O–H groups in total. The van der Waals surface area contributed by atoms with E-state index in [1.165, 1.54) is 5.56 Å². The van der Waals surface area contributed by atoms with Crippen molar-refractivity contribution in [2.24, 2.45) is 0 Å². The Morgan fingerprint density at radius 2 is 1.88 bits per heavy atom. The number of benzene rings is 2. The van der Waals surface area contributed by atoms with E-state index in [0.717, 1.165) is 11.1 Å². The van der Waals surface area contributed by atoms with Gasteiger partial charge in [0.15, 0.2) is 0 Å². The third-order valence-electron chi connectivity index (χ3n) is 3.80. The monoisotopic (exact) mass is 338 g/mol. The molecule has 0 bridgehead atoms. The molecular weight excluding hydrogens is 320 g/mol. The Morgan fingerprint density at radius 1 is 1.21 bits per heavy atom. The van der Waals surface area contributed by atoms with Crippen LogP contribution in [-0.2, 0) is 4.79 Å². The van der Waals surface area contributed by atoms with Gasteiger partial charge in [-0.15, -0.1) is 0 Å². The predicted molar refractivity (Wildman–Crippen MR) is 98.9 cm³/mol. The van der Waals surface area contributed by atoms with Gasteiger partial charge in [-0.2, -0.15) is 5.26 Å². The quantitative estimate of drug-likeness (QED) is 0.606. The summed E-state index contributed by atoms with van der Waals surface area (Å²) >= 11 is 6.05. The molecule has 24 heavy (non-hydrogen) atoms. The second-order valence-electron chi connectivity index (χ2n) is 5.86. The largest absolute Gasteiger partial charge is 0.321 e. The Hall–Kier alpha value is -2.57. The summed E-state index contributed by atoms with van der Waals surface area (Å²) in [5.41, 5.74) is 3.44. The summed E-state index contributed by atoms with van der Waals surface area (Å²) in [5.74, 6) is -0.0108. The second-order valence-corrected chi connectivity index (χ2v) is 6.26. The Kier molecular flexibility index (Phi) is 5.78. The molecule has 2 aromatic rings. The number of anilines is 1. The van der Waals surface area contributed by atoms with E-state index >= 15 is 0 Å². The smallest absolute Gasteiger partial charge is 0.266 e. The molecule has 0 radical (unpaired) electrons. The second kappa shape index (κ2) is 7.81. The summed E-state index contributed by atoms with van der Waals surface area (Å²) in [5, 5.41) is 12.6. The molecule has 2 aromatic carbocycles. The van der Waals surface area contributed by atoms with Crippen LogP contribution in [0.2, 0.25) is 5.02 Å². The highest BCUT2D eigenvalue weighted by Gasteiger charge is 2.12. The van der Waals surface area contributed by atoms with E-state index in [4.69, 9.17) is 11.6 Å². The van der Waals surface area contributed by atoms with Crippen molar-refractivity contribution in [1.82, 2.24) is 0 Å². The van der Waals surface area contributed by atoms with Crippen molar-refractivity contribution in [3.8, 4) is 6.07 Å². The molecule has 0 saturated carbocycles. The first-order valence-electron chi connectivity index (χ1n) is 7.70. The van der Waals surface area contributed by atoms with Crippen LogP contribution >= 0.6 is 11.6 Å². The Labute approximate surface area is 147 Å². The van der Waals surface area contributed by atoms with Crippen LogP contribution in [0.5, 0.6) is 0 Å². The maximum atomic E-state index is 12.3. The van der Waals surface area contributed by atoms with E-state index in [0.29, 0.717) is 16.6 Å². The number of hydrogen-bond acceptors (Lipinski definition) is 2. The Balaban J connectivity index is 2.22. The lowest BCUT2D eigenvalue weighted by Crippen LogP contribution is -2.14. The molecule has 0 aromatic heterocycles. The molecule has 3 nitrogen and oxygen atoms in total. The molecule has 1 amide bonds. The number of amides is 1. The molecule has 0 aliphatic heterocycles. The van der Waals surface area contributed by atoms with E-state index in [1.807, 2.05) is 37.3 Å². The fourth-order valence-electron chi connectivity index (χ4n) is 2.22. The van der Waals surface area contributed by atoms with E-state index in [9.17, 15) is 10.1 Å². The zero-order valence-corrected chi connectivity index (χ0v) is 14.7. The molecule has 4 heteroatoms. The first-order valence-corrected chi connectivity index (χ1v) is 8.08. The van der Waals surface area contributed by atoms with Crippen LogP contribution in [0, 0.1) is 18.3 Å². The van der Waals surface area contributed by atoms with Crippen molar-refractivity contribution in [2.45, 2.75) is 26.7 Å². The van der Waals surface area contributed by atoms with Gasteiger partial charge in [-0.25, -0.2) is 0 Å². The van der Waals surface area contributed by atoms with Crippen LogP contribution in [0.15, 0.2) is 48.0 Å². The molecule has 0 aliphatic carbocycles. The van der Waals surface area contributed by atoms with Crippen molar-refractivity contribution in [3.63, 3.8) is 0 Å². The summed E-state index contributed by atoms with van der Waals surface area (Å²) in [6.07, 6.45) is 1.58. The highest BCUT2D eigenvalue weighted by Crippen LogP contribution is 2.23. The molecule has 0 saturated heterocycles. The molecule has 2 rings (SSSR count). The molecule has 0 atom stereocenters. The zero-order valence-electron chi connectivity index (χ0n) is 13.9. The Bertz CT molecular complexity index is 815. The first-order chi connectivity index (χ1) is 11.4. The van der Waals surface area contributed by atoms with Gasteiger partial charge in [-0.1, -0.05) is 55.8 Å². The zero-order chi connectivity index (χ0) is 17.7. The van der Waals surface area contributed by atoms with Crippen LogP contribution in [0.25, 0.3) is 6.08 Å². The predicted octanol–water partition coefficient (Wildman–Crippen LogP) is 5.32. The summed E-state index contributed by atoms with van der Waals surface area (Å²) in [6.45, 7) is 6.05. The fourth-order valence-corrected chi connectivity index (χ4v) is 2.40. The lowest BCUT2D eigenvalue weighted by molar-refractivity contribution is -0.112. The minimum Gasteiger partial charge on any atom is -0.321 e. The maximum Gasteiger partial charge on any atom is 0.266 e. The van der Waals surface area contributed by atoms with Crippen LogP contribution in [0.3, 0.4) is 0 Å². The number of carbonyl (C=O) groups is 1. The van der Waals surface area contributed by atoms with Gasteiger partial charge in [0.25, 0.3) is 5.91 Å². The highest BCUT2D eigenvalue weighted by molar-refractivity contribution is 6.31. The van der Waals surface area contributed by atoms with E-state index in [-0.39, 0.29) is 5.57 Å². The number of hydrogen-bond donors (Lipinski definition) is 1. The van der Waals surface area contributed by atoms with Gasteiger partial charge in [0.1, 0.15) is 11.6 Å². The average Bonchev–Trinajstić information content (AvgIpc) is 2.57. The standard InChI is InChI=1S/C20H19ClN2O/c1-13(2)16-9-7-15(8-10-16)11-17(12-22)20(24)23-19-6-4-5-18(21)14(19)3/h4-11,13H,1-3H3,(H,23,24)/b17-11+. The van der Waals surface area contributed by atoms with Crippen molar-refractivity contribution < 1.29 is 4.79 Å². The molecule has 0 unspecified atom stereocenters. The summed E-state index contributed by atoms with van der Waals surface area (Å²) < 4.78 is 0. The Morgan fingerprint density at radius 3 is 2.46 bits per heavy atom. The van der Waals surface area contributed by atoms with Crippen LogP contribution < -0.4 is 5.32 Å². The first kappa shape index (κ1) is 17.8. The molecular formula is C20H19ClN2O. The number of rotatable bonds is 4. The topological polar surface area (TPSA) is 52.9 Å². The number of nitriles is 1. The third kappa shape index (κ3) is 4.24. The number of nitrogens with one attached hydrogen (secondary N) is 1. The van der Waals surface area contributed by atoms with E-state index in [2.05, 4.69) is 19.2 Å². The minimum absolute atomic E-state index is 0.0478. The normalized spacial score (nSPS) is 11.2. The molecule has 0 aliphatic rings. The number of nitrogens with zero attached hydrogens (tertiary/aromatic N) is 1. The maximum absolute atomic E-state index is 12.3. The van der Waals surface area contributed by atoms with Crippen molar-refractivity contribution in [2.75, 3.05) is 5.32 Å². The van der Waals surface area contributed by atoms with Crippen molar-refractivity contribution in [1.29, 1.82) is 5.26 Å². The lowest BCUT2D eigenvalue weighted by Gasteiger charge is -2.09. The van der Waals surface area contributed by atoms with Gasteiger partial charge in [-0.3, -0.25) is 4.79 Å². The molecule has 122 valence electrons. The number of halogens is 1. The molecule has 0 fully saturated rings. The number of carbonyl (C=O) groups excluding carboxylic acids is 1. The van der Waals surface area contributed by atoms with Crippen molar-refractivity contribution in [3.05, 3.63) is 69.8 Å². The van der Waals surface area contributed by atoms with Gasteiger partial charge in [0.05, 0.1) is 0 Å². The molecule has 0 spiro atoms. The SMILES string of the molecule is Cc1c(Cl)cccc1NC(=O)/C(C#N)=C/c1ccc(C(C)C)cc1. The minimum atomic E-state index is -0.448. The van der Waals surface area contributed by atoms with Crippen molar-refractivity contribution >= 4 is 29.3 Å².